The van der Waals surface area contributed by atoms with Gasteiger partial charge in [0.05, 0.1) is 5.56 Å². The molecule has 1 N–H and O–H groups in total. The van der Waals surface area contributed by atoms with Gasteiger partial charge in [0.25, 0.3) is 0 Å². The van der Waals surface area contributed by atoms with E-state index >= 15 is 0 Å². The maximum atomic E-state index is 13.1. The summed E-state index contributed by atoms with van der Waals surface area (Å²) < 4.78 is 18.1. The van der Waals surface area contributed by atoms with Gasteiger partial charge in [-0.2, -0.15) is 0 Å². The number of rotatable bonds is 6. The van der Waals surface area contributed by atoms with Crippen molar-refractivity contribution in [3.8, 4) is 34.5 Å². The normalized spacial score (nSPS) is 10.8. The van der Waals surface area contributed by atoms with Gasteiger partial charge in [-0.25, -0.2) is 4.79 Å². The first kappa shape index (κ1) is 24.8. The number of hydrogen-bond donors (Lipinski definition) is 1. The highest BCUT2D eigenvalue weighted by Gasteiger charge is 2.27. The summed E-state index contributed by atoms with van der Waals surface area (Å²) in [6, 6.07) is 26.4. The number of carbonyl (C=O) groups is 1. The fraction of sp³-hybridized carbons (Fsp3) is 0. The number of fused-ring (bicyclic) bond motifs is 1. The lowest BCUT2D eigenvalue weighted by atomic mass is 10.1. The Bertz CT molecular complexity index is 1590. The van der Waals surface area contributed by atoms with E-state index in [4.69, 9.17) is 49.0 Å². The molecule has 0 aliphatic carbocycles. The molecule has 5 aromatic carbocycles. The minimum Gasteiger partial charge on any atom is -0.504 e. The van der Waals surface area contributed by atoms with Crippen molar-refractivity contribution in [1.29, 1.82) is 0 Å². The van der Waals surface area contributed by atoms with Gasteiger partial charge in [-0.05, 0) is 78.9 Å². The topological polar surface area (TPSA) is 65.0 Å². The standard InChI is InChI=1S/C29H17Cl3O5/c30-18-6-11-21(12-7-18)35-27-25(33)23-15-10-20(32)16-24(23)26(37-29(34)17-4-2-1-3-5-17)28(27)36-22-13-8-19(31)9-14-22/h1-16,33H. The number of hydrogen-bond acceptors (Lipinski definition) is 5. The average Bonchev–Trinajstić information content (AvgIpc) is 2.91. The van der Waals surface area contributed by atoms with Crippen LogP contribution in [0.15, 0.2) is 97.1 Å². The highest BCUT2D eigenvalue weighted by Crippen LogP contribution is 2.54. The van der Waals surface area contributed by atoms with E-state index in [1.807, 2.05) is 0 Å². The van der Waals surface area contributed by atoms with E-state index < -0.39 is 5.97 Å². The summed E-state index contributed by atoms with van der Waals surface area (Å²) in [5.41, 5.74) is 0.323. The smallest absolute Gasteiger partial charge is 0.343 e. The van der Waals surface area contributed by atoms with Crippen LogP contribution in [0.3, 0.4) is 0 Å². The van der Waals surface area contributed by atoms with Crippen molar-refractivity contribution >= 4 is 51.5 Å². The van der Waals surface area contributed by atoms with Crippen LogP contribution in [0.2, 0.25) is 15.1 Å². The Labute approximate surface area is 227 Å². The van der Waals surface area contributed by atoms with Crippen LogP contribution in [0.5, 0.6) is 34.5 Å². The maximum Gasteiger partial charge on any atom is 0.343 e. The molecule has 0 saturated heterocycles. The number of esters is 1. The lowest BCUT2D eigenvalue weighted by molar-refractivity contribution is 0.0732. The molecular weight excluding hydrogens is 535 g/mol. The number of aromatic hydroxyl groups is 1. The Kier molecular flexibility index (Phi) is 7.10. The van der Waals surface area contributed by atoms with E-state index in [2.05, 4.69) is 0 Å². The molecule has 5 nitrogen and oxygen atoms in total. The van der Waals surface area contributed by atoms with Gasteiger partial charge in [0.1, 0.15) is 11.5 Å². The second-order valence-corrected chi connectivity index (χ2v) is 9.20. The molecular formula is C29H17Cl3O5. The molecule has 0 atom stereocenters. The first-order valence-electron chi connectivity index (χ1n) is 11.0. The van der Waals surface area contributed by atoms with Crippen molar-refractivity contribution < 1.29 is 24.1 Å². The Hall–Kier alpha value is -3.90. The molecule has 0 amide bonds. The van der Waals surface area contributed by atoms with Gasteiger partial charge in [-0.15, -0.1) is 0 Å². The maximum absolute atomic E-state index is 13.1. The predicted molar refractivity (Wildman–Crippen MR) is 145 cm³/mol. The molecule has 0 unspecified atom stereocenters. The number of carbonyl (C=O) groups excluding carboxylic acids is 1. The highest BCUT2D eigenvalue weighted by atomic mass is 35.5. The van der Waals surface area contributed by atoms with Gasteiger partial charge in [0.2, 0.25) is 11.5 Å². The molecule has 0 aromatic heterocycles. The Balaban J connectivity index is 1.74. The molecule has 0 fully saturated rings. The largest absolute Gasteiger partial charge is 0.504 e. The first-order chi connectivity index (χ1) is 17.9. The van der Waals surface area contributed by atoms with Crippen molar-refractivity contribution in [3.63, 3.8) is 0 Å². The zero-order chi connectivity index (χ0) is 25.9. The van der Waals surface area contributed by atoms with Gasteiger partial charge in [0, 0.05) is 25.8 Å². The summed E-state index contributed by atoms with van der Waals surface area (Å²) in [6.07, 6.45) is 0. The third-order valence-electron chi connectivity index (χ3n) is 5.38. The van der Waals surface area contributed by atoms with Crippen LogP contribution in [-0.2, 0) is 0 Å². The minimum absolute atomic E-state index is 0.0167. The fourth-order valence-electron chi connectivity index (χ4n) is 3.62. The van der Waals surface area contributed by atoms with Crippen molar-refractivity contribution in [2.45, 2.75) is 0 Å². The number of phenolic OH excluding ortho intramolecular Hbond substituents is 1. The molecule has 0 aliphatic rings. The summed E-state index contributed by atoms with van der Waals surface area (Å²) in [7, 11) is 0. The predicted octanol–water partition coefficient (Wildman–Crippen LogP) is 9.31. The highest BCUT2D eigenvalue weighted by molar-refractivity contribution is 6.31. The molecule has 5 rings (SSSR count). The summed E-state index contributed by atoms with van der Waals surface area (Å²) in [4.78, 5) is 13.1. The zero-order valence-electron chi connectivity index (χ0n) is 19.0. The van der Waals surface area contributed by atoms with Crippen LogP contribution in [-0.4, -0.2) is 11.1 Å². The van der Waals surface area contributed by atoms with Crippen LogP contribution < -0.4 is 14.2 Å². The van der Waals surface area contributed by atoms with Crippen molar-refractivity contribution in [3.05, 3.63) is 118 Å². The third kappa shape index (κ3) is 5.44. The van der Waals surface area contributed by atoms with E-state index in [-0.39, 0.29) is 23.0 Å². The Morgan fingerprint density at radius 3 is 1.73 bits per heavy atom. The van der Waals surface area contributed by atoms with Gasteiger partial charge in [0.15, 0.2) is 11.5 Å². The number of phenols is 1. The third-order valence-corrected chi connectivity index (χ3v) is 6.12. The summed E-state index contributed by atoms with van der Waals surface area (Å²) in [6.45, 7) is 0. The second-order valence-electron chi connectivity index (χ2n) is 7.89. The molecule has 0 heterocycles. The number of ether oxygens (including phenoxy) is 3. The molecule has 8 heteroatoms. The van der Waals surface area contributed by atoms with Crippen LogP contribution >= 0.6 is 34.8 Å². The van der Waals surface area contributed by atoms with Gasteiger partial charge < -0.3 is 19.3 Å². The lowest BCUT2D eigenvalue weighted by Gasteiger charge is -2.20. The molecule has 184 valence electrons. The SMILES string of the molecule is O=C(Oc1c(Oc2ccc(Cl)cc2)c(Oc2ccc(Cl)cc2)c(O)c2ccc(Cl)cc12)c1ccccc1. The van der Waals surface area contributed by atoms with Gasteiger partial charge >= 0.3 is 5.97 Å². The molecule has 0 radical (unpaired) electrons. The van der Waals surface area contributed by atoms with E-state index in [9.17, 15) is 9.90 Å². The monoisotopic (exact) mass is 550 g/mol. The van der Waals surface area contributed by atoms with Crippen molar-refractivity contribution in [2.24, 2.45) is 0 Å². The van der Waals surface area contributed by atoms with Gasteiger partial charge in [-0.3, -0.25) is 0 Å². The van der Waals surface area contributed by atoms with Crippen molar-refractivity contribution in [1.82, 2.24) is 0 Å². The van der Waals surface area contributed by atoms with Crippen LogP contribution in [0.25, 0.3) is 10.8 Å². The summed E-state index contributed by atoms with van der Waals surface area (Å²) >= 11 is 18.3. The molecule has 0 spiro atoms. The quantitative estimate of drug-likeness (QED) is 0.168. The van der Waals surface area contributed by atoms with E-state index in [1.165, 1.54) is 0 Å². The minimum atomic E-state index is -0.633. The Morgan fingerprint density at radius 1 is 0.595 bits per heavy atom. The second kappa shape index (κ2) is 10.6. The molecule has 37 heavy (non-hydrogen) atoms. The molecule has 0 aliphatic heterocycles. The number of benzene rings is 5. The van der Waals surface area contributed by atoms with Crippen LogP contribution in [0.1, 0.15) is 10.4 Å². The fourth-order valence-corrected chi connectivity index (χ4v) is 4.05. The van der Waals surface area contributed by atoms with Gasteiger partial charge in [-0.1, -0.05) is 53.0 Å². The van der Waals surface area contributed by atoms with Crippen LogP contribution in [0, 0.1) is 0 Å². The van der Waals surface area contributed by atoms with E-state index in [0.717, 1.165) is 0 Å². The van der Waals surface area contributed by atoms with E-state index in [1.54, 1.807) is 97.1 Å². The lowest BCUT2D eigenvalue weighted by Crippen LogP contribution is -2.10. The van der Waals surface area contributed by atoms with Crippen molar-refractivity contribution in [2.75, 3.05) is 0 Å². The van der Waals surface area contributed by atoms with E-state index in [0.29, 0.717) is 42.9 Å². The number of halogens is 3. The molecule has 0 bridgehead atoms. The molecule has 5 aromatic rings. The molecule has 0 saturated carbocycles. The summed E-state index contributed by atoms with van der Waals surface area (Å²) in [5, 5.41) is 13.4. The Morgan fingerprint density at radius 2 is 1.14 bits per heavy atom. The average molecular weight is 552 g/mol. The summed E-state index contributed by atoms with van der Waals surface area (Å²) in [5.74, 6) is -0.214. The zero-order valence-corrected chi connectivity index (χ0v) is 21.2. The van der Waals surface area contributed by atoms with Crippen LogP contribution in [0.4, 0.5) is 0 Å². The first-order valence-corrected chi connectivity index (χ1v) is 12.1.